The molecule has 1 heterocycles. The summed E-state index contributed by atoms with van der Waals surface area (Å²) in [4.78, 5) is 0.103. The molecule has 23 heavy (non-hydrogen) atoms. The Labute approximate surface area is 138 Å². The van der Waals surface area contributed by atoms with Crippen LogP contribution in [-0.4, -0.2) is 29.9 Å². The zero-order valence-electron chi connectivity index (χ0n) is 12.0. The van der Waals surface area contributed by atoms with E-state index in [1.807, 2.05) is 0 Å². The molecule has 0 amide bonds. The lowest BCUT2D eigenvalue weighted by Crippen LogP contribution is -2.13. The van der Waals surface area contributed by atoms with E-state index in [9.17, 15) is 8.42 Å². The predicted octanol–water partition coefficient (Wildman–Crippen LogP) is 2.84. The summed E-state index contributed by atoms with van der Waals surface area (Å²) >= 11 is 5.83. The first-order chi connectivity index (χ1) is 11.0. The van der Waals surface area contributed by atoms with Gasteiger partial charge in [-0.05, 0) is 36.4 Å². The molecule has 3 rings (SSSR count). The highest BCUT2D eigenvalue weighted by atomic mass is 35.5. The van der Waals surface area contributed by atoms with Gasteiger partial charge in [-0.25, -0.2) is 0 Å². The van der Waals surface area contributed by atoms with E-state index in [0.717, 1.165) is 9.65 Å². The highest BCUT2D eigenvalue weighted by Gasteiger charge is 2.19. The third-order valence-electron chi connectivity index (χ3n) is 3.22. The van der Waals surface area contributed by atoms with Gasteiger partial charge < -0.3 is 4.74 Å². The van der Waals surface area contributed by atoms with Crippen molar-refractivity contribution in [3.8, 4) is 17.0 Å². The van der Waals surface area contributed by atoms with Gasteiger partial charge in [0.25, 0.3) is 10.0 Å². The van der Waals surface area contributed by atoms with Gasteiger partial charge in [-0.1, -0.05) is 28.9 Å². The van der Waals surface area contributed by atoms with Crippen LogP contribution in [0.1, 0.15) is 0 Å². The minimum Gasteiger partial charge on any atom is -0.497 e. The van der Waals surface area contributed by atoms with Crippen molar-refractivity contribution < 1.29 is 13.2 Å². The van der Waals surface area contributed by atoms with Crippen LogP contribution in [0.25, 0.3) is 11.3 Å². The van der Waals surface area contributed by atoms with E-state index in [4.69, 9.17) is 16.3 Å². The minimum atomic E-state index is -3.80. The predicted molar refractivity (Wildman–Crippen MR) is 86.0 cm³/mol. The third-order valence-corrected chi connectivity index (χ3v) is 5.01. The van der Waals surface area contributed by atoms with Crippen molar-refractivity contribution in [2.24, 2.45) is 0 Å². The van der Waals surface area contributed by atoms with E-state index >= 15 is 0 Å². The van der Waals surface area contributed by atoms with Crippen molar-refractivity contribution in [1.82, 2.24) is 14.4 Å². The second-order valence-electron chi connectivity index (χ2n) is 4.66. The van der Waals surface area contributed by atoms with Gasteiger partial charge in [-0.15, -0.1) is 9.19 Å². The molecule has 0 aliphatic carbocycles. The number of nitrogens with zero attached hydrogens (tertiary/aromatic N) is 3. The molecule has 118 valence electrons. The van der Waals surface area contributed by atoms with E-state index in [0.29, 0.717) is 16.5 Å². The molecule has 0 atom stereocenters. The highest BCUT2D eigenvalue weighted by molar-refractivity contribution is 7.89. The molecule has 0 bridgehead atoms. The first-order valence-corrected chi connectivity index (χ1v) is 8.40. The van der Waals surface area contributed by atoms with E-state index in [1.165, 1.54) is 25.4 Å². The van der Waals surface area contributed by atoms with Crippen LogP contribution < -0.4 is 4.74 Å². The monoisotopic (exact) mass is 349 g/mol. The van der Waals surface area contributed by atoms with Gasteiger partial charge in [0.1, 0.15) is 11.4 Å². The molecule has 0 fully saturated rings. The Balaban J connectivity index is 1.96. The van der Waals surface area contributed by atoms with E-state index in [2.05, 4.69) is 10.3 Å². The molecule has 0 unspecified atom stereocenters. The summed E-state index contributed by atoms with van der Waals surface area (Å²) in [6.07, 6.45) is 1.36. The Morgan fingerprint density at radius 2 is 1.70 bits per heavy atom. The first-order valence-electron chi connectivity index (χ1n) is 6.58. The van der Waals surface area contributed by atoms with Crippen LogP contribution in [0.2, 0.25) is 5.02 Å². The second kappa shape index (κ2) is 6.02. The Morgan fingerprint density at radius 3 is 2.30 bits per heavy atom. The van der Waals surface area contributed by atoms with Crippen molar-refractivity contribution in [3.05, 3.63) is 59.8 Å². The van der Waals surface area contributed by atoms with Gasteiger partial charge in [0.05, 0.1) is 18.2 Å². The molecule has 2 aromatic carbocycles. The Hall–Kier alpha value is -2.38. The number of hydrogen-bond acceptors (Lipinski definition) is 5. The summed E-state index contributed by atoms with van der Waals surface area (Å²) in [7, 11) is -2.28. The minimum absolute atomic E-state index is 0.103. The van der Waals surface area contributed by atoms with Crippen molar-refractivity contribution in [3.63, 3.8) is 0 Å². The number of hydrogen-bond donors (Lipinski definition) is 0. The smallest absolute Gasteiger partial charge is 0.284 e. The van der Waals surface area contributed by atoms with E-state index in [-0.39, 0.29) is 4.90 Å². The van der Waals surface area contributed by atoms with Crippen LogP contribution in [0.15, 0.2) is 59.6 Å². The maximum atomic E-state index is 12.5. The molecule has 1 aromatic heterocycles. The van der Waals surface area contributed by atoms with Gasteiger partial charge in [-0.2, -0.15) is 8.42 Å². The molecule has 6 nitrogen and oxygen atoms in total. The summed E-state index contributed by atoms with van der Waals surface area (Å²) in [6, 6.07) is 13.0. The Kier molecular flexibility index (Phi) is 4.06. The van der Waals surface area contributed by atoms with Crippen molar-refractivity contribution >= 4 is 21.6 Å². The largest absolute Gasteiger partial charge is 0.497 e. The summed E-state index contributed by atoms with van der Waals surface area (Å²) in [5.41, 5.74) is 1.17. The molecule has 0 saturated carbocycles. The van der Waals surface area contributed by atoms with Crippen LogP contribution in [0, 0.1) is 0 Å². The number of ether oxygens (including phenoxy) is 1. The van der Waals surface area contributed by atoms with Gasteiger partial charge >= 0.3 is 0 Å². The normalized spacial score (nSPS) is 11.4. The third kappa shape index (κ3) is 3.06. The average Bonchev–Trinajstić information content (AvgIpc) is 3.06. The second-order valence-corrected chi connectivity index (χ2v) is 6.90. The SMILES string of the molecule is COc1ccc(S(=O)(=O)n2cc(-c3ccc(Cl)cc3)nn2)cc1. The number of aromatic nitrogens is 3. The van der Waals surface area contributed by atoms with Gasteiger partial charge in [0, 0.05) is 10.6 Å². The molecule has 0 N–H and O–H groups in total. The molecular weight excluding hydrogens is 338 g/mol. The highest BCUT2D eigenvalue weighted by Crippen LogP contribution is 2.22. The van der Waals surface area contributed by atoms with Crippen LogP contribution in [0.3, 0.4) is 0 Å². The lowest BCUT2D eigenvalue weighted by molar-refractivity contribution is 0.414. The quantitative estimate of drug-likeness (QED) is 0.724. The molecule has 0 aliphatic rings. The van der Waals surface area contributed by atoms with E-state index < -0.39 is 10.0 Å². The summed E-state index contributed by atoms with van der Waals surface area (Å²) in [5.74, 6) is 0.574. The summed E-state index contributed by atoms with van der Waals surface area (Å²) < 4.78 is 30.9. The zero-order valence-corrected chi connectivity index (χ0v) is 13.6. The van der Waals surface area contributed by atoms with Gasteiger partial charge in [0.2, 0.25) is 0 Å². The van der Waals surface area contributed by atoms with Crippen LogP contribution >= 0.6 is 11.6 Å². The van der Waals surface area contributed by atoms with Crippen molar-refractivity contribution in [1.29, 1.82) is 0 Å². The lowest BCUT2D eigenvalue weighted by Gasteiger charge is -2.04. The Morgan fingerprint density at radius 1 is 1.04 bits per heavy atom. The molecule has 0 spiro atoms. The number of rotatable bonds is 4. The summed E-state index contributed by atoms with van der Waals surface area (Å²) in [5, 5.41) is 8.22. The Bertz CT molecular complexity index is 919. The first kappa shape index (κ1) is 15.5. The lowest BCUT2D eigenvalue weighted by atomic mass is 10.2. The fourth-order valence-electron chi connectivity index (χ4n) is 1.97. The maximum absolute atomic E-state index is 12.5. The van der Waals surface area contributed by atoms with Crippen LogP contribution in [-0.2, 0) is 10.0 Å². The van der Waals surface area contributed by atoms with E-state index in [1.54, 1.807) is 36.4 Å². The molecule has 8 heteroatoms. The van der Waals surface area contributed by atoms with Gasteiger partial charge in [-0.3, -0.25) is 0 Å². The fourth-order valence-corrected chi connectivity index (χ4v) is 3.17. The molecule has 0 aliphatic heterocycles. The zero-order chi connectivity index (χ0) is 16.4. The molecule has 0 radical (unpaired) electrons. The standard InChI is InChI=1S/C15H12ClN3O3S/c1-22-13-6-8-14(9-7-13)23(20,21)19-10-15(17-18-19)11-2-4-12(16)5-3-11/h2-10H,1H3. The summed E-state index contributed by atoms with van der Waals surface area (Å²) in [6.45, 7) is 0. The average molecular weight is 350 g/mol. The number of methoxy groups -OCH3 is 1. The number of halogens is 1. The topological polar surface area (TPSA) is 74.1 Å². The molecule has 3 aromatic rings. The number of benzene rings is 2. The fraction of sp³-hybridized carbons (Fsp3) is 0.0667. The van der Waals surface area contributed by atoms with Crippen LogP contribution in [0.4, 0.5) is 0 Å². The van der Waals surface area contributed by atoms with Crippen LogP contribution in [0.5, 0.6) is 5.75 Å². The maximum Gasteiger partial charge on any atom is 0.284 e. The molecular formula is C15H12ClN3O3S. The van der Waals surface area contributed by atoms with Gasteiger partial charge in [0.15, 0.2) is 0 Å². The molecule has 0 saturated heterocycles. The van der Waals surface area contributed by atoms with Crippen molar-refractivity contribution in [2.75, 3.05) is 7.11 Å². The van der Waals surface area contributed by atoms with Crippen molar-refractivity contribution in [2.45, 2.75) is 4.90 Å².